The van der Waals surface area contributed by atoms with E-state index in [4.69, 9.17) is 4.74 Å². The Bertz CT molecular complexity index is 701. The van der Waals surface area contributed by atoms with Crippen molar-refractivity contribution < 1.29 is 14.3 Å². The first kappa shape index (κ1) is 13.5. The molecule has 0 aliphatic carbocycles. The largest absolute Gasteiger partial charge is 0.469 e. The summed E-state index contributed by atoms with van der Waals surface area (Å²) in [7, 11) is 1.37. The molecular weight excluding hydrogens is 270 g/mol. The van der Waals surface area contributed by atoms with E-state index in [-0.39, 0.29) is 17.8 Å². The van der Waals surface area contributed by atoms with Crippen molar-refractivity contribution in [2.75, 3.05) is 20.2 Å². The number of aromatic nitrogens is 2. The summed E-state index contributed by atoms with van der Waals surface area (Å²) in [6, 6.07) is 5.25. The van der Waals surface area contributed by atoms with Crippen LogP contribution in [0.3, 0.4) is 0 Å². The molecule has 1 unspecified atom stereocenters. The molecule has 6 heteroatoms. The summed E-state index contributed by atoms with van der Waals surface area (Å²) in [6.07, 6.45) is 3.86. The zero-order valence-electron chi connectivity index (χ0n) is 11.7. The fourth-order valence-corrected chi connectivity index (χ4v) is 2.58. The highest BCUT2D eigenvalue weighted by Crippen LogP contribution is 2.21. The molecule has 0 spiro atoms. The van der Waals surface area contributed by atoms with Crippen molar-refractivity contribution in [1.82, 2.24) is 14.9 Å². The number of carbonyl (C=O) groups is 2. The van der Waals surface area contributed by atoms with Crippen LogP contribution in [0, 0.1) is 5.92 Å². The maximum atomic E-state index is 12.5. The standard InChI is InChI=1S/C15H15N3O3/c1-21-15(20)11-4-7-18(9-11)14(19)10-2-3-12-13(8-10)17-6-5-16-12/h2-3,5-6,8,11H,4,7,9H2,1H3. The van der Waals surface area contributed by atoms with E-state index < -0.39 is 0 Å². The first-order valence-electron chi connectivity index (χ1n) is 6.77. The molecule has 1 aliphatic rings. The van der Waals surface area contributed by atoms with Gasteiger partial charge in [-0.3, -0.25) is 19.6 Å². The van der Waals surface area contributed by atoms with Gasteiger partial charge in [0.2, 0.25) is 0 Å². The molecule has 1 fully saturated rings. The van der Waals surface area contributed by atoms with Gasteiger partial charge >= 0.3 is 5.97 Å². The number of hydrogen-bond acceptors (Lipinski definition) is 5. The Hall–Kier alpha value is -2.50. The van der Waals surface area contributed by atoms with Crippen LogP contribution in [0.25, 0.3) is 11.0 Å². The third-order valence-electron chi connectivity index (χ3n) is 3.73. The number of carbonyl (C=O) groups excluding carboxylic acids is 2. The van der Waals surface area contributed by atoms with Gasteiger partial charge in [-0.05, 0) is 24.6 Å². The molecular formula is C15H15N3O3. The van der Waals surface area contributed by atoms with Gasteiger partial charge in [0.05, 0.1) is 24.1 Å². The van der Waals surface area contributed by atoms with Crippen molar-refractivity contribution in [3.63, 3.8) is 0 Å². The summed E-state index contributed by atoms with van der Waals surface area (Å²) in [5.41, 5.74) is 2.00. The number of rotatable bonds is 2. The van der Waals surface area contributed by atoms with Crippen molar-refractivity contribution in [3.05, 3.63) is 36.2 Å². The quantitative estimate of drug-likeness (QED) is 0.777. The molecule has 2 heterocycles. The Morgan fingerprint density at radius 1 is 1.24 bits per heavy atom. The highest BCUT2D eigenvalue weighted by atomic mass is 16.5. The number of likely N-dealkylation sites (tertiary alicyclic amines) is 1. The van der Waals surface area contributed by atoms with Crippen LogP contribution in [0.5, 0.6) is 0 Å². The predicted molar refractivity (Wildman–Crippen MR) is 75.6 cm³/mol. The lowest BCUT2D eigenvalue weighted by Gasteiger charge is -2.16. The molecule has 108 valence electrons. The summed E-state index contributed by atoms with van der Waals surface area (Å²) in [5, 5.41) is 0. The van der Waals surface area contributed by atoms with Crippen molar-refractivity contribution in [2.24, 2.45) is 5.92 Å². The maximum absolute atomic E-state index is 12.5. The van der Waals surface area contributed by atoms with Gasteiger partial charge < -0.3 is 9.64 Å². The summed E-state index contributed by atoms with van der Waals surface area (Å²) in [4.78, 5) is 34.0. The first-order valence-corrected chi connectivity index (χ1v) is 6.77. The van der Waals surface area contributed by atoms with Gasteiger partial charge in [-0.1, -0.05) is 0 Å². The molecule has 0 radical (unpaired) electrons. The second-order valence-corrected chi connectivity index (χ2v) is 5.02. The number of fused-ring (bicyclic) bond motifs is 1. The van der Waals surface area contributed by atoms with Crippen LogP contribution < -0.4 is 0 Å². The lowest BCUT2D eigenvalue weighted by atomic mass is 10.1. The van der Waals surface area contributed by atoms with E-state index in [9.17, 15) is 9.59 Å². The topological polar surface area (TPSA) is 72.4 Å². The number of amides is 1. The third kappa shape index (κ3) is 2.56. The zero-order valence-corrected chi connectivity index (χ0v) is 11.7. The van der Waals surface area contributed by atoms with Gasteiger partial charge in [-0.2, -0.15) is 0 Å². The number of nitrogens with zero attached hydrogens (tertiary/aromatic N) is 3. The smallest absolute Gasteiger partial charge is 0.310 e. The van der Waals surface area contributed by atoms with E-state index in [0.29, 0.717) is 30.6 Å². The van der Waals surface area contributed by atoms with E-state index in [1.54, 1.807) is 35.5 Å². The van der Waals surface area contributed by atoms with E-state index in [1.165, 1.54) is 7.11 Å². The lowest BCUT2D eigenvalue weighted by molar-refractivity contribution is -0.144. The minimum atomic E-state index is -0.255. The average Bonchev–Trinajstić information content (AvgIpc) is 3.03. The molecule has 1 aromatic heterocycles. The Morgan fingerprint density at radius 2 is 2.00 bits per heavy atom. The summed E-state index contributed by atoms with van der Waals surface area (Å²) in [5.74, 6) is -0.567. The monoisotopic (exact) mass is 285 g/mol. The van der Waals surface area contributed by atoms with Crippen molar-refractivity contribution in [2.45, 2.75) is 6.42 Å². The molecule has 1 atom stereocenters. The van der Waals surface area contributed by atoms with Gasteiger partial charge in [-0.25, -0.2) is 0 Å². The van der Waals surface area contributed by atoms with Crippen LogP contribution in [-0.2, 0) is 9.53 Å². The molecule has 1 aromatic carbocycles. The molecule has 1 aliphatic heterocycles. The Kier molecular flexibility index (Phi) is 3.51. The van der Waals surface area contributed by atoms with E-state index >= 15 is 0 Å². The Balaban J connectivity index is 1.79. The van der Waals surface area contributed by atoms with Gasteiger partial charge in [0.25, 0.3) is 5.91 Å². The van der Waals surface area contributed by atoms with Crippen LogP contribution in [0.2, 0.25) is 0 Å². The van der Waals surface area contributed by atoms with E-state index in [1.807, 2.05) is 0 Å². The van der Waals surface area contributed by atoms with Crippen LogP contribution >= 0.6 is 0 Å². The van der Waals surface area contributed by atoms with Crippen LogP contribution in [0.15, 0.2) is 30.6 Å². The lowest BCUT2D eigenvalue weighted by Crippen LogP contribution is -2.30. The van der Waals surface area contributed by atoms with Crippen LogP contribution in [0.1, 0.15) is 16.8 Å². The summed E-state index contributed by atoms with van der Waals surface area (Å²) < 4.78 is 4.73. The van der Waals surface area contributed by atoms with Crippen LogP contribution in [-0.4, -0.2) is 46.9 Å². The van der Waals surface area contributed by atoms with Crippen molar-refractivity contribution in [1.29, 1.82) is 0 Å². The summed E-state index contributed by atoms with van der Waals surface area (Å²) in [6.45, 7) is 0.973. The minimum Gasteiger partial charge on any atom is -0.469 e. The van der Waals surface area contributed by atoms with Crippen molar-refractivity contribution >= 4 is 22.9 Å². The molecule has 0 bridgehead atoms. The number of ether oxygens (including phenoxy) is 1. The Labute approximate surface area is 121 Å². The SMILES string of the molecule is COC(=O)C1CCN(C(=O)c2ccc3nccnc3c2)C1. The molecule has 2 aromatic rings. The average molecular weight is 285 g/mol. The summed E-state index contributed by atoms with van der Waals surface area (Å²) >= 11 is 0. The maximum Gasteiger partial charge on any atom is 0.310 e. The van der Waals surface area contributed by atoms with Gasteiger partial charge in [-0.15, -0.1) is 0 Å². The third-order valence-corrected chi connectivity index (χ3v) is 3.73. The predicted octanol–water partition coefficient (Wildman–Crippen LogP) is 1.26. The first-order chi connectivity index (χ1) is 10.2. The van der Waals surface area contributed by atoms with Crippen LogP contribution in [0.4, 0.5) is 0 Å². The number of esters is 1. The molecule has 21 heavy (non-hydrogen) atoms. The Morgan fingerprint density at radius 3 is 2.76 bits per heavy atom. The number of hydrogen-bond donors (Lipinski definition) is 0. The highest BCUT2D eigenvalue weighted by molar-refractivity contribution is 5.97. The molecule has 3 rings (SSSR count). The molecule has 1 saturated heterocycles. The fourth-order valence-electron chi connectivity index (χ4n) is 2.58. The molecule has 0 N–H and O–H groups in total. The number of benzene rings is 1. The second-order valence-electron chi connectivity index (χ2n) is 5.02. The van der Waals surface area contributed by atoms with E-state index in [0.717, 1.165) is 5.52 Å². The van der Waals surface area contributed by atoms with Crippen molar-refractivity contribution in [3.8, 4) is 0 Å². The molecule has 0 saturated carbocycles. The molecule has 1 amide bonds. The molecule has 6 nitrogen and oxygen atoms in total. The zero-order chi connectivity index (χ0) is 14.8. The number of methoxy groups -OCH3 is 1. The minimum absolute atomic E-state index is 0.0889. The van der Waals surface area contributed by atoms with E-state index in [2.05, 4.69) is 9.97 Å². The van der Waals surface area contributed by atoms with Gasteiger partial charge in [0, 0.05) is 31.0 Å². The fraction of sp³-hybridized carbons (Fsp3) is 0.333. The highest BCUT2D eigenvalue weighted by Gasteiger charge is 2.32. The second kappa shape index (κ2) is 5.47. The van der Waals surface area contributed by atoms with Gasteiger partial charge in [0.15, 0.2) is 0 Å². The van der Waals surface area contributed by atoms with Gasteiger partial charge in [0.1, 0.15) is 0 Å². The normalized spacial score (nSPS) is 18.0.